The van der Waals surface area contributed by atoms with E-state index in [4.69, 9.17) is 11.6 Å². The van der Waals surface area contributed by atoms with Crippen LogP contribution in [0.3, 0.4) is 0 Å². The molecule has 2 atom stereocenters. The molecule has 1 heterocycles. The average Bonchev–Trinajstić information content (AvgIpc) is 2.85. The second-order valence-corrected chi connectivity index (χ2v) is 8.15. The van der Waals surface area contributed by atoms with Gasteiger partial charge in [0.1, 0.15) is 6.17 Å². The molecule has 0 saturated heterocycles. The van der Waals surface area contributed by atoms with Gasteiger partial charge in [-0.3, -0.25) is 5.32 Å². The summed E-state index contributed by atoms with van der Waals surface area (Å²) in [5.41, 5.74) is 7.00. The lowest BCUT2D eigenvalue weighted by Crippen LogP contribution is -2.39. The molecule has 4 aromatic carbocycles. The minimum Gasteiger partial charge on any atom is -0.366 e. The van der Waals surface area contributed by atoms with E-state index in [1.807, 2.05) is 24.3 Å². The van der Waals surface area contributed by atoms with Crippen molar-refractivity contribution in [2.24, 2.45) is 0 Å². The maximum absolute atomic E-state index is 6.22. The average molecular weight is 423 g/mol. The van der Waals surface area contributed by atoms with Gasteiger partial charge in [-0.15, -0.1) is 0 Å². The van der Waals surface area contributed by atoms with Gasteiger partial charge in [-0.2, -0.15) is 0 Å². The van der Waals surface area contributed by atoms with Crippen molar-refractivity contribution in [3.8, 4) is 11.1 Å². The van der Waals surface area contributed by atoms with Crippen LogP contribution in [0, 0.1) is 0 Å². The molecule has 31 heavy (non-hydrogen) atoms. The monoisotopic (exact) mass is 422 g/mol. The number of rotatable bonds is 4. The molecule has 0 aromatic heterocycles. The Kier molecular flexibility index (Phi) is 5.57. The molecular weight excluding hydrogens is 400 g/mol. The van der Waals surface area contributed by atoms with Gasteiger partial charge in [0, 0.05) is 10.7 Å². The van der Waals surface area contributed by atoms with E-state index in [0.717, 1.165) is 21.8 Å². The number of nitrogens with one attached hydrogen (secondary N) is 2. The van der Waals surface area contributed by atoms with Gasteiger partial charge in [-0.05, 0) is 52.1 Å². The zero-order valence-electron chi connectivity index (χ0n) is 17.0. The summed E-state index contributed by atoms with van der Waals surface area (Å²) < 4.78 is 0. The first-order chi connectivity index (χ1) is 15.3. The van der Waals surface area contributed by atoms with Gasteiger partial charge >= 0.3 is 0 Å². The molecule has 0 amide bonds. The van der Waals surface area contributed by atoms with E-state index in [1.165, 1.54) is 16.7 Å². The molecule has 4 aromatic rings. The fourth-order valence-electron chi connectivity index (χ4n) is 4.04. The summed E-state index contributed by atoms with van der Waals surface area (Å²) >= 11 is 6.22. The molecule has 2 N–H and O–H groups in total. The zero-order valence-corrected chi connectivity index (χ0v) is 17.8. The number of halogens is 1. The van der Waals surface area contributed by atoms with Crippen molar-refractivity contribution in [3.63, 3.8) is 0 Å². The number of hydrogen-bond acceptors (Lipinski definition) is 2. The Bertz CT molecular complexity index is 1200. The molecule has 0 fully saturated rings. The highest BCUT2D eigenvalue weighted by molar-refractivity contribution is 6.30. The van der Waals surface area contributed by atoms with Crippen LogP contribution in [-0.2, 0) is 0 Å². The molecule has 1 aliphatic rings. The number of benzene rings is 4. The van der Waals surface area contributed by atoms with Crippen molar-refractivity contribution in [2.75, 3.05) is 0 Å². The lowest BCUT2D eigenvalue weighted by atomic mass is 9.97. The first kappa shape index (κ1) is 19.6. The Labute approximate surface area is 188 Å². The van der Waals surface area contributed by atoms with Gasteiger partial charge in [0.2, 0.25) is 0 Å². The maximum Gasteiger partial charge on any atom is 0.104 e. The van der Waals surface area contributed by atoms with Crippen molar-refractivity contribution in [2.45, 2.75) is 12.2 Å². The second kappa shape index (κ2) is 8.81. The molecule has 0 bridgehead atoms. The normalized spacial score (nSPS) is 18.2. The van der Waals surface area contributed by atoms with Crippen molar-refractivity contribution in [3.05, 3.63) is 137 Å². The van der Waals surface area contributed by atoms with Crippen LogP contribution < -0.4 is 10.6 Å². The minimum absolute atomic E-state index is 0.0236. The molecular formula is C28H23ClN2. The topological polar surface area (TPSA) is 24.1 Å². The van der Waals surface area contributed by atoms with Gasteiger partial charge in [0.15, 0.2) is 0 Å². The van der Waals surface area contributed by atoms with E-state index < -0.39 is 0 Å². The Morgan fingerprint density at radius 2 is 1.19 bits per heavy atom. The van der Waals surface area contributed by atoms with Crippen molar-refractivity contribution in [1.29, 1.82) is 0 Å². The first-order valence-corrected chi connectivity index (χ1v) is 10.8. The Hall–Kier alpha value is -3.33. The third-order valence-corrected chi connectivity index (χ3v) is 5.84. The van der Waals surface area contributed by atoms with E-state index in [0.29, 0.717) is 0 Å². The molecule has 2 nitrogen and oxygen atoms in total. The molecule has 3 heteroatoms. The first-order valence-electron chi connectivity index (χ1n) is 10.5. The van der Waals surface area contributed by atoms with Crippen LogP contribution in [0.25, 0.3) is 16.8 Å². The number of hydrogen-bond donors (Lipinski definition) is 2. The summed E-state index contributed by atoms with van der Waals surface area (Å²) in [7, 11) is 0. The molecule has 0 spiro atoms. The van der Waals surface area contributed by atoms with Crippen LogP contribution in [0.2, 0.25) is 5.02 Å². The predicted molar refractivity (Wildman–Crippen MR) is 130 cm³/mol. The summed E-state index contributed by atoms with van der Waals surface area (Å²) in [6, 6.07) is 37.8. The van der Waals surface area contributed by atoms with Crippen LogP contribution in [0.5, 0.6) is 0 Å². The Balaban J connectivity index is 1.52. The third-order valence-electron chi connectivity index (χ3n) is 5.60. The molecule has 2 unspecified atom stereocenters. The van der Waals surface area contributed by atoms with E-state index in [-0.39, 0.29) is 12.2 Å². The predicted octanol–water partition coefficient (Wildman–Crippen LogP) is 6.98. The third kappa shape index (κ3) is 4.41. The lowest BCUT2D eigenvalue weighted by molar-refractivity contribution is 0.443. The van der Waals surface area contributed by atoms with Gasteiger partial charge in [0.05, 0.1) is 6.04 Å². The van der Waals surface area contributed by atoms with Gasteiger partial charge in [0.25, 0.3) is 0 Å². The van der Waals surface area contributed by atoms with E-state index in [9.17, 15) is 0 Å². The largest absolute Gasteiger partial charge is 0.366 e. The summed E-state index contributed by atoms with van der Waals surface area (Å²) in [6.07, 6.45) is 2.24. The summed E-state index contributed by atoms with van der Waals surface area (Å²) in [6.45, 7) is 0. The van der Waals surface area contributed by atoms with E-state index in [1.54, 1.807) is 0 Å². The van der Waals surface area contributed by atoms with Crippen LogP contribution in [0.1, 0.15) is 28.9 Å². The Morgan fingerprint density at radius 3 is 1.94 bits per heavy atom. The van der Waals surface area contributed by atoms with Crippen molar-refractivity contribution >= 4 is 17.3 Å². The maximum atomic E-state index is 6.22. The van der Waals surface area contributed by atoms with Crippen molar-refractivity contribution in [1.82, 2.24) is 10.6 Å². The minimum atomic E-state index is -0.0236. The highest BCUT2D eigenvalue weighted by atomic mass is 35.5. The summed E-state index contributed by atoms with van der Waals surface area (Å²) in [5.74, 6) is 0. The molecule has 0 aliphatic carbocycles. The molecule has 5 rings (SSSR count). The highest BCUT2D eigenvalue weighted by Crippen LogP contribution is 2.31. The van der Waals surface area contributed by atoms with Gasteiger partial charge < -0.3 is 5.32 Å². The molecule has 152 valence electrons. The van der Waals surface area contributed by atoms with E-state index >= 15 is 0 Å². The zero-order chi connectivity index (χ0) is 21.0. The van der Waals surface area contributed by atoms with E-state index in [2.05, 4.69) is 102 Å². The van der Waals surface area contributed by atoms with Crippen LogP contribution >= 0.6 is 11.6 Å². The van der Waals surface area contributed by atoms with Crippen LogP contribution in [0.4, 0.5) is 0 Å². The molecule has 0 saturated carbocycles. The summed E-state index contributed by atoms with van der Waals surface area (Å²) in [5, 5.41) is 8.21. The Morgan fingerprint density at radius 1 is 0.581 bits per heavy atom. The lowest BCUT2D eigenvalue weighted by Gasteiger charge is -2.33. The SMILES string of the molecule is Clc1cccc(-c2cccc(C3NC(c4ccccc4)=CC(c4ccccc4)N3)c2)c1. The fourth-order valence-corrected chi connectivity index (χ4v) is 4.23. The van der Waals surface area contributed by atoms with Crippen LogP contribution in [-0.4, -0.2) is 0 Å². The fraction of sp³-hybridized carbons (Fsp3) is 0.0714. The van der Waals surface area contributed by atoms with Crippen molar-refractivity contribution < 1.29 is 0 Å². The highest BCUT2D eigenvalue weighted by Gasteiger charge is 2.24. The standard InChI is InChI=1S/C28H23ClN2/c29-25-16-8-14-23(18-25)22-13-7-15-24(17-22)28-30-26(20-9-3-1-4-10-20)19-27(31-28)21-11-5-2-6-12-21/h1-19,26,28,30-31H. The molecule has 0 radical (unpaired) electrons. The van der Waals surface area contributed by atoms with Crippen LogP contribution in [0.15, 0.2) is 115 Å². The quantitative estimate of drug-likeness (QED) is 0.370. The van der Waals surface area contributed by atoms with Gasteiger partial charge in [-0.25, -0.2) is 0 Å². The smallest absolute Gasteiger partial charge is 0.104 e. The van der Waals surface area contributed by atoms with Gasteiger partial charge in [-0.1, -0.05) is 103 Å². The summed E-state index contributed by atoms with van der Waals surface area (Å²) in [4.78, 5) is 0. The molecule has 1 aliphatic heterocycles. The second-order valence-electron chi connectivity index (χ2n) is 7.71.